The van der Waals surface area contributed by atoms with Crippen LogP contribution in [-0.2, 0) is 9.53 Å². The lowest BCUT2D eigenvalue weighted by atomic mass is 9.95. The maximum atomic E-state index is 13.3. The Kier molecular flexibility index (Phi) is 7.59. The smallest absolute Gasteiger partial charge is 0.290 e. The third kappa shape index (κ3) is 5.19. The molecule has 2 aromatic rings. The third-order valence-electron chi connectivity index (χ3n) is 5.81. The molecule has 1 aromatic heterocycles. The van der Waals surface area contributed by atoms with E-state index in [0.717, 1.165) is 31.6 Å². The standard InChI is InChI=1S/C25H28N2O5S/c1-2-13-32-19-7-3-6-18(17-19)22-21(23(28)20-8-4-16-33-20)24(29)25(30)27(22)10-5-9-26-11-14-31-15-12-26/h2-4,6-8,16-17,22,29H,1,5,9-15H2/t22-/m0/s1. The predicted octanol–water partition coefficient (Wildman–Crippen LogP) is 3.61. The monoisotopic (exact) mass is 468 g/mol. The van der Waals surface area contributed by atoms with Crippen LogP contribution >= 0.6 is 11.3 Å². The number of benzene rings is 1. The zero-order valence-electron chi connectivity index (χ0n) is 18.4. The van der Waals surface area contributed by atoms with Crippen LogP contribution in [0.4, 0.5) is 0 Å². The molecule has 4 rings (SSSR count). The number of ether oxygens (including phenoxy) is 2. The second kappa shape index (κ2) is 10.8. The maximum Gasteiger partial charge on any atom is 0.290 e. The van der Waals surface area contributed by atoms with Crippen molar-refractivity contribution >= 4 is 23.0 Å². The van der Waals surface area contributed by atoms with Gasteiger partial charge in [0.2, 0.25) is 5.78 Å². The predicted molar refractivity (Wildman–Crippen MR) is 127 cm³/mol. The van der Waals surface area contributed by atoms with Crippen LogP contribution in [0.3, 0.4) is 0 Å². The molecule has 174 valence electrons. The van der Waals surface area contributed by atoms with E-state index in [1.807, 2.05) is 24.3 Å². The van der Waals surface area contributed by atoms with E-state index < -0.39 is 17.7 Å². The first kappa shape index (κ1) is 23.2. The first-order valence-corrected chi connectivity index (χ1v) is 11.9. The molecule has 3 heterocycles. The molecule has 0 bridgehead atoms. The minimum Gasteiger partial charge on any atom is -0.503 e. The summed E-state index contributed by atoms with van der Waals surface area (Å²) in [5, 5.41) is 12.6. The molecule has 0 unspecified atom stereocenters. The number of hydrogen-bond acceptors (Lipinski definition) is 7. The summed E-state index contributed by atoms with van der Waals surface area (Å²) in [7, 11) is 0. The lowest BCUT2D eigenvalue weighted by Gasteiger charge is -2.30. The molecule has 2 aliphatic heterocycles. The summed E-state index contributed by atoms with van der Waals surface area (Å²) >= 11 is 1.29. The summed E-state index contributed by atoms with van der Waals surface area (Å²) < 4.78 is 11.1. The second-order valence-electron chi connectivity index (χ2n) is 7.95. The fourth-order valence-corrected chi connectivity index (χ4v) is 4.90. The van der Waals surface area contributed by atoms with Crippen molar-refractivity contribution in [3.63, 3.8) is 0 Å². The molecule has 1 atom stereocenters. The van der Waals surface area contributed by atoms with E-state index in [2.05, 4.69) is 11.5 Å². The summed E-state index contributed by atoms with van der Waals surface area (Å²) in [6.45, 7) is 8.41. The Morgan fingerprint density at radius 2 is 2.06 bits per heavy atom. The van der Waals surface area contributed by atoms with Crippen molar-refractivity contribution in [1.82, 2.24) is 9.80 Å². The number of aliphatic hydroxyl groups excluding tert-OH is 1. The second-order valence-corrected chi connectivity index (χ2v) is 8.90. The van der Waals surface area contributed by atoms with Gasteiger partial charge in [0, 0.05) is 26.2 Å². The van der Waals surface area contributed by atoms with Gasteiger partial charge in [0.1, 0.15) is 12.4 Å². The average Bonchev–Trinajstić information content (AvgIpc) is 3.46. The highest BCUT2D eigenvalue weighted by Crippen LogP contribution is 2.40. The van der Waals surface area contributed by atoms with Crippen LogP contribution in [0.15, 0.2) is 65.8 Å². The number of nitrogens with zero attached hydrogens (tertiary/aromatic N) is 2. The van der Waals surface area contributed by atoms with Crippen molar-refractivity contribution in [2.24, 2.45) is 0 Å². The normalized spacial score (nSPS) is 19.2. The molecular weight excluding hydrogens is 440 g/mol. The highest BCUT2D eigenvalue weighted by atomic mass is 32.1. The lowest BCUT2D eigenvalue weighted by molar-refractivity contribution is -0.129. The molecule has 1 fully saturated rings. The fourth-order valence-electron chi connectivity index (χ4n) is 4.22. The van der Waals surface area contributed by atoms with Gasteiger partial charge < -0.3 is 19.5 Å². The van der Waals surface area contributed by atoms with Crippen molar-refractivity contribution in [2.75, 3.05) is 46.0 Å². The SMILES string of the molecule is C=CCOc1cccc([C@H]2C(C(=O)c3cccs3)=C(O)C(=O)N2CCCN2CCOCC2)c1. The molecule has 1 amide bonds. The Morgan fingerprint density at radius 3 is 2.79 bits per heavy atom. The molecule has 2 aliphatic rings. The van der Waals surface area contributed by atoms with Gasteiger partial charge in [0.25, 0.3) is 5.91 Å². The summed E-state index contributed by atoms with van der Waals surface area (Å²) in [4.78, 5) is 30.8. The molecule has 1 aromatic carbocycles. The number of rotatable bonds is 10. The largest absolute Gasteiger partial charge is 0.503 e. The molecular formula is C25H28N2O5S. The van der Waals surface area contributed by atoms with Gasteiger partial charge in [-0.05, 0) is 35.6 Å². The Bertz CT molecular complexity index is 1030. The van der Waals surface area contributed by atoms with Gasteiger partial charge in [-0.3, -0.25) is 14.5 Å². The van der Waals surface area contributed by atoms with E-state index in [-0.39, 0.29) is 11.4 Å². The Labute approximate surface area is 197 Å². The van der Waals surface area contributed by atoms with Crippen molar-refractivity contribution in [3.05, 3.63) is 76.2 Å². The number of aliphatic hydroxyl groups is 1. The van der Waals surface area contributed by atoms with Crippen molar-refractivity contribution in [2.45, 2.75) is 12.5 Å². The fraction of sp³-hybridized carbons (Fsp3) is 0.360. The van der Waals surface area contributed by atoms with Crippen LogP contribution in [0, 0.1) is 0 Å². The maximum absolute atomic E-state index is 13.3. The van der Waals surface area contributed by atoms with Gasteiger partial charge in [0.15, 0.2) is 5.76 Å². The van der Waals surface area contributed by atoms with E-state index in [0.29, 0.717) is 37.0 Å². The molecule has 0 radical (unpaired) electrons. The van der Waals surface area contributed by atoms with Crippen LogP contribution in [0.2, 0.25) is 0 Å². The average molecular weight is 469 g/mol. The van der Waals surface area contributed by atoms with Gasteiger partial charge in [-0.15, -0.1) is 11.3 Å². The first-order chi connectivity index (χ1) is 16.1. The van der Waals surface area contributed by atoms with Gasteiger partial charge in [-0.2, -0.15) is 0 Å². The Morgan fingerprint density at radius 1 is 1.24 bits per heavy atom. The number of ketones is 1. The highest BCUT2D eigenvalue weighted by Gasteiger charge is 2.43. The van der Waals surface area contributed by atoms with E-state index in [1.54, 1.807) is 28.5 Å². The van der Waals surface area contributed by atoms with Crippen molar-refractivity contribution in [3.8, 4) is 5.75 Å². The number of Topliss-reactive ketones (excluding diaryl/α,β-unsaturated/α-hetero) is 1. The molecule has 0 saturated carbocycles. The third-order valence-corrected chi connectivity index (χ3v) is 6.68. The Hall–Kier alpha value is -2.94. The molecule has 7 nitrogen and oxygen atoms in total. The molecule has 8 heteroatoms. The summed E-state index contributed by atoms with van der Waals surface area (Å²) in [6, 6.07) is 10.1. The quantitative estimate of drug-likeness (QED) is 0.424. The van der Waals surface area contributed by atoms with Crippen molar-refractivity contribution < 1.29 is 24.2 Å². The minimum atomic E-state index is -0.677. The van der Waals surface area contributed by atoms with Crippen LogP contribution < -0.4 is 4.74 Å². The van der Waals surface area contributed by atoms with E-state index >= 15 is 0 Å². The minimum absolute atomic E-state index is 0.120. The van der Waals surface area contributed by atoms with E-state index in [1.165, 1.54) is 11.3 Å². The molecule has 33 heavy (non-hydrogen) atoms. The summed E-state index contributed by atoms with van der Waals surface area (Å²) in [5.41, 5.74) is 0.843. The lowest BCUT2D eigenvalue weighted by Crippen LogP contribution is -2.39. The van der Waals surface area contributed by atoms with Gasteiger partial charge in [-0.1, -0.05) is 30.9 Å². The topological polar surface area (TPSA) is 79.3 Å². The molecule has 1 saturated heterocycles. The first-order valence-electron chi connectivity index (χ1n) is 11.1. The van der Waals surface area contributed by atoms with Crippen LogP contribution in [0.5, 0.6) is 5.75 Å². The van der Waals surface area contributed by atoms with Crippen LogP contribution in [0.25, 0.3) is 0 Å². The number of morpholine rings is 1. The van der Waals surface area contributed by atoms with Crippen LogP contribution in [0.1, 0.15) is 27.7 Å². The van der Waals surface area contributed by atoms with Gasteiger partial charge in [0.05, 0.1) is 29.7 Å². The molecule has 1 N–H and O–H groups in total. The number of carbonyl (C=O) groups excluding carboxylic acids is 2. The zero-order valence-corrected chi connectivity index (χ0v) is 19.3. The summed E-state index contributed by atoms with van der Waals surface area (Å²) in [6.07, 6.45) is 2.38. The summed E-state index contributed by atoms with van der Waals surface area (Å²) in [5.74, 6) is -0.696. The van der Waals surface area contributed by atoms with Gasteiger partial charge >= 0.3 is 0 Å². The van der Waals surface area contributed by atoms with Crippen LogP contribution in [-0.4, -0.2) is 72.6 Å². The van der Waals surface area contributed by atoms with Crippen molar-refractivity contribution in [1.29, 1.82) is 0 Å². The van der Waals surface area contributed by atoms with E-state index in [9.17, 15) is 14.7 Å². The highest BCUT2D eigenvalue weighted by molar-refractivity contribution is 7.12. The zero-order chi connectivity index (χ0) is 23.2. The molecule has 0 spiro atoms. The van der Waals surface area contributed by atoms with E-state index in [4.69, 9.17) is 9.47 Å². The number of carbonyl (C=O) groups is 2. The van der Waals surface area contributed by atoms with Gasteiger partial charge in [-0.25, -0.2) is 0 Å². The number of thiophene rings is 1. The molecule has 0 aliphatic carbocycles. The Balaban J connectivity index is 1.61. The number of amides is 1. The number of hydrogen-bond donors (Lipinski definition) is 1.